The molecule has 2 heterocycles. The van der Waals surface area contributed by atoms with Crippen LogP contribution in [-0.2, 0) is 16.6 Å². The fraction of sp³-hybridized carbons (Fsp3) is 0.118. The van der Waals surface area contributed by atoms with E-state index in [-0.39, 0.29) is 0 Å². The molecule has 0 amide bonds. The summed E-state index contributed by atoms with van der Waals surface area (Å²) in [4.78, 5) is 0. The van der Waals surface area contributed by atoms with E-state index >= 15 is 0 Å². The molecule has 23 heavy (non-hydrogen) atoms. The Kier molecular flexibility index (Phi) is 3.92. The summed E-state index contributed by atoms with van der Waals surface area (Å²) in [7, 11) is -3.26. The molecular formula is C17H18N3O2S+. The molecule has 0 saturated heterocycles. The van der Waals surface area contributed by atoms with Crippen LogP contribution >= 0.6 is 0 Å². The van der Waals surface area contributed by atoms with Gasteiger partial charge in [0.25, 0.3) is 5.65 Å². The van der Waals surface area contributed by atoms with E-state index in [1.165, 1.54) is 0 Å². The first-order valence-corrected chi connectivity index (χ1v) is 9.06. The topological polar surface area (TPSA) is 55.2 Å². The summed E-state index contributed by atoms with van der Waals surface area (Å²) in [6.45, 7) is 4.52. The van der Waals surface area contributed by atoms with Gasteiger partial charge in [-0.05, 0) is 30.3 Å². The summed E-state index contributed by atoms with van der Waals surface area (Å²) in [6.07, 6.45) is 7.05. The van der Waals surface area contributed by atoms with Crippen molar-refractivity contribution < 1.29 is 12.8 Å². The van der Waals surface area contributed by atoms with E-state index < -0.39 is 10.0 Å². The van der Waals surface area contributed by atoms with Gasteiger partial charge in [0, 0.05) is 17.3 Å². The number of pyridine rings is 1. The average molecular weight is 328 g/mol. The molecule has 0 unspecified atom stereocenters. The number of hydrogen-bond donors (Lipinski definition) is 1. The van der Waals surface area contributed by atoms with Crippen LogP contribution in [0.15, 0.2) is 67.5 Å². The smallest absolute Gasteiger partial charge is 0.284 e. The van der Waals surface area contributed by atoms with Gasteiger partial charge in [-0.2, -0.15) is 0 Å². The van der Waals surface area contributed by atoms with Crippen LogP contribution in [0.4, 0.5) is 5.69 Å². The second-order valence-corrected chi connectivity index (χ2v) is 7.08. The van der Waals surface area contributed by atoms with Gasteiger partial charge in [-0.25, -0.2) is 17.4 Å². The van der Waals surface area contributed by atoms with Gasteiger partial charge in [0.2, 0.25) is 10.0 Å². The number of nitrogens with one attached hydrogen (secondary N) is 1. The molecular weight excluding hydrogens is 310 g/mol. The number of anilines is 1. The molecule has 1 aromatic carbocycles. The molecule has 0 aliphatic carbocycles. The third-order valence-corrected chi connectivity index (χ3v) is 4.10. The molecule has 0 atom stereocenters. The van der Waals surface area contributed by atoms with Gasteiger partial charge in [-0.15, -0.1) is 0 Å². The van der Waals surface area contributed by atoms with Crippen molar-refractivity contribution in [2.75, 3.05) is 11.0 Å². The average Bonchev–Trinajstić information content (AvgIpc) is 2.86. The Balaban J connectivity index is 2.06. The normalized spacial score (nSPS) is 11.5. The summed E-state index contributed by atoms with van der Waals surface area (Å²) in [6, 6.07) is 13.4. The standard InChI is InChI=1S/C17H18N3O2S/c1-3-11-20-16(13-19-12-5-4-6-17(19)20)14-7-9-15(10-8-14)18-23(2,21)22/h3-10,12-13,18H,1,11H2,2H3/q+1. The maximum Gasteiger partial charge on any atom is 0.286 e. The van der Waals surface area contributed by atoms with Crippen molar-refractivity contribution in [3.8, 4) is 11.3 Å². The molecule has 2 aromatic heterocycles. The summed E-state index contributed by atoms with van der Waals surface area (Å²) >= 11 is 0. The van der Waals surface area contributed by atoms with Crippen LogP contribution in [0.2, 0.25) is 0 Å². The van der Waals surface area contributed by atoms with Crippen molar-refractivity contribution in [2.24, 2.45) is 0 Å². The highest BCUT2D eigenvalue weighted by Gasteiger charge is 2.17. The first kappa shape index (κ1) is 15.3. The Labute approximate surface area is 135 Å². The van der Waals surface area contributed by atoms with Crippen molar-refractivity contribution in [1.82, 2.24) is 4.57 Å². The Morgan fingerprint density at radius 1 is 1.22 bits per heavy atom. The third-order valence-electron chi connectivity index (χ3n) is 3.49. The maximum absolute atomic E-state index is 11.3. The van der Waals surface area contributed by atoms with E-state index in [0.29, 0.717) is 12.2 Å². The number of aromatic nitrogens is 2. The monoisotopic (exact) mass is 328 g/mol. The van der Waals surface area contributed by atoms with Crippen molar-refractivity contribution in [2.45, 2.75) is 6.54 Å². The molecule has 0 aliphatic heterocycles. The van der Waals surface area contributed by atoms with Gasteiger partial charge in [-0.3, -0.25) is 4.72 Å². The first-order valence-electron chi connectivity index (χ1n) is 7.16. The molecule has 0 fully saturated rings. The van der Waals surface area contributed by atoms with Crippen molar-refractivity contribution in [1.29, 1.82) is 0 Å². The summed E-state index contributed by atoms with van der Waals surface area (Å²) < 4.78 is 29.3. The van der Waals surface area contributed by atoms with Gasteiger partial charge in [0.1, 0.15) is 12.7 Å². The number of benzene rings is 1. The zero-order valence-corrected chi connectivity index (χ0v) is 13.6. The first-order chi connectivity index (χ1) is 11.0. The van der Waals surface area contributed by atoms with Crippen LogP contribution < -0.4 is 9.12 Å². The lowest BCUT2D eigenvalue weighted by molar-refractivity contribution is -0.510. The maximum atomic E-state index is 11.3. The number of fused-ring (bicyclic) bond motifs is 1. The summed E-state index contributed by atoms with van der Waals surface area (Å²) in [5, 5.41) is 0. The predicted octanol–water partition coefficient (Wildman–Crippen LogP) is 2.45. The molecule has 118 valence electrons. The Hall–Kier alpha value is -2.60. The van der Waals surface area contributed by atoms with Gasteiger partial charge in [-0.1, -0.05) is 18.7 Å². The number of nitrogens with zero attached hydrogens (tertiary/aromatic N) is 2. The van der Waals surface area contributed by atoms with Crippen molar-refractivity contribution >= 4 is 21.4 Å². The number of imidazole rings is 1. The van der Waals surface area contributed by atoms with Crippen LogP contribution in [0.3, 0.4) is 0 Å². The third kappa shape index (κ3) is 3.27. The van der Waals surface area contributed by atoms with Gasteiger partial charge < -0.3 is 0 Å². The molecule has 0 radical (unpaired) electrons. The molecule has 3 aromatic rings. The lowest BCUT2D eigenvalue weighted by atomic mass is 10.1. The Morgan fingerprint density at radius 3 is 2.61 bits per heavy atom. The highest BCUT2D eigenvalue weighted by atomic mass is 32.2. The number of allylic oxidation sites excluding steroid dienone is 1. The van der Waals surface area contributed by atoms with E-state index in [0.717, 1.165) is 23.2 Å². The largest absolute Gasteiger partial charge is 0.286 e. The lowest BCUT2D eigenvalue weighted by Crippen LogP contribution is -2.17. The van der Waals surface area contributed by atoms with Gasteiger partial charge >= 0.3 is 0 Å². The molecule has 0 bridgehead atoms. The van der Waals surface area contributed by atoms with Crippen LogP contribution in [0.25, 0.3) is 16.9 Å². The second kappa shape index (κ2) is 5.89. The van der Waals surface area contributed by atoms with Crippen molar-refractivity contribution in [3.63, 3.8) is 0 Å². The molecule has 0 aliphatic rings. The fourth-order valence-corrected chi connectivity index (χ4v) is 3.15. The van der Waals surface area contributed by atoms with Crippen LogP contribution in [0.1, 0.15) is 0 Å². The van der Waals surface area contributed by atoms with Gasteiger partial charge in [0.15, 0.2) is 5.69 Å². The second-order valence-electron chi connectivity index (χ2n) is 5.33. The predicted molar refractivity (Wildman–Crippen MR) is 91.7 cm³/mol. The van der Waals surface area contributed by atoms with E-state index in [9.17, 15) is 8.42 Å². The van der Waals surface area contributed by atoms with E-state index in [1.807, 2.05) is 42.6 Å². The number of rotatable bonds is 5. The zero-order chi connectivity index (χ0) is 16.4. The highest BCUT2D eigenvalue weighted by Crippen LogP contribution is 2.23. The summed E-state index contributed by atoms with van der Waals surface area (Å²) in [5.74, 6) is 0. The van der Waals surface area contributed by atoms with E-state index in [1.54, 1.807) is 12.1 Å². The minimum Gasteiger partial charge on any atom is -0.284 e. The van der Waals surface area contributed by atoms with E-state index in [4.69, 9.17) is 0 Å². The fourth-order valence-electron chi connectivity index (χ4n) is 2.58. The molecule has 3 rings (SSSR count). The molecule has 0 saturated carbocycles. The summed E-state index contributed by atoms with van der Waals surface area (Å²) in [5.41, 5.74) is 3.67. The molecule has 5 nitrogen and oxygen atoms in total. The van der Waals surface area contributed by atoms with Crippen LogP contribution in [0, 0.1) is 0 Å². The van der Waals surface area contributed by atoms with Crippen LogP contribution in [0.5, 0.6) is 0 Å². The highest BCUT2D eigenvalue weighted by molar-refractivity contribution is 7.92. The minimum absolute atomic E-state index is 0.551. The minimum atomic E-state index is -3.26. The molecule has 1 N–H and O–H groups in total. The van der Waals surface area contributed by atoms with Crippen molar-refractivity contribution in [3.05, 3.63) is 67.5 Å². The SMILES string of the molecule is C=CCn1c(-c2ccc(NS(C)(=O)=O)cc2)c[n+]2ccccc12. The van der Waals surface area contributed by atoms with Crippen LogP contribution in [-0.4, -0.2) is 19.2 Å². The zero-order valence-electron chi connectivity index (χ0n) is 12.8. The lowest BCUT2D eigenvalue weighted by Gasteiger charge is -2.05. The molecule has 6 heteroatoms. The van der Waals surface area contributed by atoms with Gasteiger partial charge in [0.05, 0.1) is 12.5 Å². The number of sulfonamides is 1. The Morgan fingerprint density at radius 2 is 1.96 bits per heavy atom. The van der Waals surface area contributed by atoms with E-state index in [2.05, 4.69) is 26.5 Å². The molecule has 0 spiro atoms. The quantitative estimate of drug-likeness (QED) is 0.578. The Bertz CT molecular complexity index is 957. The number of hydrogen-bond acceptors (Lipinski definition) is 2.